The van der Waals surface area contributed by atoms with Gasteiger partial charge in [-0.25, -0.2) is 9.78 Å². The zero-order valence-corrected chi connectivity index (χ0v) is 10.1. The highest BCUT2D eigenvalue weighted by Gasteiger charge is 2.06. The maximum Gasteiger partial charge on any atom is 0.404 e. The molecule has 0 saturated carbocycles. The van der Waals surface area contributed by atoms with E-state index in [0.717, 1.165) is 10.9 Å². The summed E-state index contributed by atoms with van der Waals surface area (Å²) in [5, 5.41) is 12.9. The largest absolute Gasteiger partial charge is 0.448 e. The normalized spacial score (nSPS) is 9.84. The summed E-state index contributed by atoms with van der Waals surface area (Å²) in [4.78, 5) is 14.8. The first-order valence-corrected chi connectivity index (χ1v) is 5.66. The molecule has 0 atom stereocenters. The van der Waals surface area contributed by atoms with Gasteiger partial charge in [0.2, 0.25) is 0 Å². The molecule has 0 radical (unpaired) electrons. The number of aromatic nitrogens is 1. The molecule has 0 aliphatic heterocycles. The van der Waals surface area contributed by atoms with Crippen molar-refractivity contribution in [3.8, 4) is 6.07 Å². The molecule has 0 bridgehead atoms. The van der Waals surface area contributed by atoms with Crippen LogP contribution in [0, 0.1) is 11.3 Å². The molecule has 0 unspecified atom stereocenters. The fourth-order valence-corrected chi connectivity index (χ4v) is 1.66. The van der Waals surface area contributed by atoms with Crippen molar-refractivity contribution in [2.24, 2.45) is 5.73 Å². The van der Waals surface area contributed by atoms with Crippen LogP contribution in [-0.4, -0.2) is 24.2 Å². The number of hydrogen-bond donors (Lipinski definition) is 2. The van der Waals surface area contributed by atoms with Gasteiger partial charge < -0.3 is 15.8 Å². The van der Waals surface area contributed by atoms with Crippen LogP contribution in [0.5, 0.6) is 0 Å². The number of rotatable bonds is 4. The molecule has 0 fully saturated rings. The lowest BCUT2D eigenvalue weighted by Gasteiger charge is -2.08. The number of carbonyl (C=O) groups is 1. The van der Waals surface area contributed by atoms with Crippen LogP contribution in [0.2, 0.25) is 0 Å². The van der Waals surface area contributed by atoms with E-state index >= 15 is 0 Å². The third-order valence-corrected chi connectivity index (χ3v) is 2.48. The molecule has 6 heteroatoms. The maximum atomic E-state index is 10.4. The SMILES string of the molecule is N#Cc1cc2ccccc2nc1NCCOC(N)=O. The van der Waals surface area contributed by atoms with Crippen molar-refractivity contribution in [1.29, 1.82) is 5.26 Å². The fraction of sp³-hybridized carbons (Fsp3) is 0.154. The summed E-state index contributed by atoms with van der Waals surface area (Å²) in [6, 6.07) is 11.4. The summed E-state index contributed by atoms with van der Waals surface area (Å²) in [7, 11) is 0. The molecule has 1 amide bonds. The Bertz CT molecular complexity index is 649. The highest BCUT2D eigenvalue weighted by molar-refractivity contribution is 5.82. The van der Waals surface area contributed by atoms with Gasteiger partial charge in [-0.1, -0.05) is 18.2 Å². The van der Waals surface area contributed by atoms with E-state index in [1.807, 2.05) is 24.3 Å². The first kappa shape index (κ1) is 12.6. The van der Waals surface area contributed by atoms with Gasteiger partial charge in [0.25, 0.3) is 0 Å². The van der Waals surface area contributed by atoms with Crippen LogP contribution in [0.3, 0.4) is 0 Å². The van der Waals surface area contributed by atoms with Crippen molar-refractivity contribution in [3.63, 3.8) is 0 Å². The van der Waals surface area contributed by atoms with Crippen molar-refractivity contribution >= 4 is 22.8 Å². The molecule has 1 aromatic heterocycles. The molecule has 19 heavy (non-hydrogen) atoms. The number of primary amides is 1. The van der Waals surface area contributed by atoms with E-state index in [-0.39, 0.29) is 6.61 Å². The average molecular weight is 256 g/mol. The van der Waals surface area contributed by atoms with Gasteiger partial charge in [0.05, 0.1) is 17.6 Å². The number of nitrogens with zero attached hydrogens (tertiary/aromatic N) is 2. The van der Waals surface area contributed by atoms with Gasteiger partial charge in [-0.05, 0) is 12.1 Å². The maximum absolute atomic E-state index is 10.4. The van der Waals surface area contributed by atoms with Crippen molar-refractivity contribution in [3.05, 3.63) is 35.9 Å². The summed E-state index contributed by atoms with van der Waals surface area (Å²) in [6.45, 7) is 0.456. The lowest BCUT2D eigenvalue weighted by atomic mass is 10.1. The Morgan fingerprint density at radius 2 is 2.26 bits per heavy atom. The number of amides is 1. The van der Waals surface area contributed by atoms with Gasteiger partial charge in [-0.3, -0.25) is 0 Å². The van der Waals surface area contributed by atoms with Crippen LogP contribution in [0.15, 0.2) is 30.3 Å². The molecule has 3 N–H and O–H groups in total. The van der Waals surface area contributed by atoms with Crippen LogP contribution < -0.4 is 11.1 Å². The second-order valence-electron chi connectivity index (χ2n) is 3.78. The predicted octanol–water partition coefficient (Wildman–Crippen LogP) is 1.61. The Kier molecular flexibility index (Phi) is 3.78. The number of fused-ring (bicyclic) bond motifs is 1. The molecular formula is C13H12N4O2. The molecule has 1 aromatic carbocycles. The minimum atomic E-state index is -0.825. The van der Waals surface area contributed by atoms with Crippen molar-refractivity contribution < 1.29 is 9.53 Å². The van der Waals surface area contributed by atoms with E-state index < -0.39 is 6.09 Å². The van der Waals surface area contributed by atoms with Crippen LogP contribution >= 0.6 is 0 Å². The summed E-state index contributed by atoms with van der Waals surface area (Å²) in [5.74, 6) is 0.467. The number of carbonyl (C=O) groups excluding carboxylic acids is 1. The van der Waals surface area contributed by atoms with Crippen LogP contribution in [-0.2, 0) is 4.74 Å². The molecule has 2 aromatic rings. The quantitative estimate of drug-likeness (QED) is 0.809. The zero-order valence-electron chi connectivity index (χ0n) is 10.1. The van der Waals surface area contributed by atoms with Gasteiger partial charge in [0.1, 0.15) is 18.5 Å². The smallest absolute Gasteiger partial charge is 0.404 e. The van der Waals surface area contributed by atoms with E-state index in [2.05, 4.69) is 21.1 Å². The average Bonchev–Trinajstić information content (AvgIpc) is 2.42. The first-order chi connectivity index (χ1) is 9.20. The molecule has 1 heterocycles. The molecule has 2 rings (SSSR count). The van der Waals surface area contributed by atoms with E-state index in [4.69, 9.17) is 11.0 Å². The van der Waals surface area contributed by atoms with Gasteiger partial charge in [-0.2, -0.15) is 5.26 Å². The van der Waals surface area contributed by atoms with Crippen LogP contribution in [0.1, 0.15) is 5.56 Å². The first-order valence-electron chi connectivity index (χ1n) is 5.66. The Balaban J connectivity index is 2.17. The van der Waals surface area contributed by atoms with Gasteiger partial charge >= 0.3 is 6.09 Å². The lowest BCUT2D eigenvalue weighted by Crippen LogP contribution is -2.19. The van der Waals surface area contributed by atoms with Gasteiger partial charge in [0.15, 0.2) is 0 Å². The number of anilines is 1. The molecule has 0 aliphatic carbocycles. The number of ether oxygens (including phenoxy) is 1. The molecule has 0 spiro atoms. The van der Waals surface area contributed by atoms with E-state index in [1.54, 1.807) is 6.07 Å². The predicted molar refractivity (Wildman–Crippen MR) is 70.5 cm³/mol. The summed E-state index contributed by atoms with van der Waals surface area (Å²) < 4.78 is 4.59. The molecular weight excluding hydrogens is 244 g/mol. The van der Waals surface area contributed by atoms with E-state index in [0.29, 0.717) is 17.9 Å². The monoisotopic (exact) mass is 256 g/mol. The Morgan fingerprint density at radius 3 is 3.00 bits per heavy atom. The zero-order chi connectivity index (χ0) is 13.7. The molecule has 6 nitrogen and oxygen atoms in total. The molecule has 0 aliphatic rings. The topological polar surface area (TPSA) is 101 Å². The number of nitrogens with two attached hydrogens (primary N) is 1. The number of para-hydroxylation sites is 1. The second kappa shape index (κ2) is 5.69. The second-order valence-corrected chi connectivity index (χ2v) is 3.78. The highest BCUT2D eigenvalue weighted by atomic mass is 16.5. The Morgan fingerprint density at radius 1 is 1.47 bits per heavy atom. The van der Waals surface area contributed by atoms with Gasteiger partial charge in [-0.15, -0.1) is 0 Å². The van der Waals surface area contributed by atoms with Crippen molar-refractivity contribution in [2.75, 3.05) is 18.5 Å². The number of hydrogen-bond acceptors (Lipinski definition) is 5. The lowest BCUT2D eigenvalue weighted by molar-refractivity contribution is 0.161. The van der Waals surface area contributed by atoms with Crippen LogP contribution in [0.25, 0.3) is 10.9 Å². The highest BCUT2D eigenvalue weighted by Crippen LogP contribution is 2.19. The number of nitrogens with one attached hydrogen (secondary N) is 1. The third-order valence-electron chi connectivity index (χ3n) is 2.48. The minimum Gasteiger partial charge on any atom is -0.448 e. The van der Waals surface area contributed by atoms with Crippen molar-refractivity contribution in [1.82, 2.24) is 4.98 Å². The number of benzene rings is 1. The Hall–Kier alpha value is -2.81. The standard InChI is InChI=1S/C13H12N4O2/c14-8-10-7-9-3-1-2-4-11(9)17-12(10)16-5-6-19-13(15)18/h1-4,7H,5-6H2,(H2,15,18)(H,16,17). The minimum absolute atomic E-state index is 0.120. The number of pyridine rings is 1. The number of nitriles is 1. The third kappa shape index (κ3) is 3.10. The fourth-order valence-electron chi connectivity index (χ4n) is 1.66. The summed E-state index contributed by atoms with van der Waals surface area (Å²) >= 11 is 0. The molecule has 96 valence electrons. The van der Waals surface area contributed by atoms with E-state index in [1.165, 1.54) is 0 Å². The van der Waals surface area contributed by atoms with E-state index in [9.17, 15) is 4.79 Å². The summed E-state index contributed by atoms with van der Waals surface area (Å²) in [5.41, 5.74) is 6.08. The Labute approximate surface area is 109 Å². The van der Waals surface area contributed by atoms with Crippen molar-refractivity contribution in [2.45, 2.75) is 0 Å². The van der Waals surface area contributed by atoms with Gasteiger partial charge in [0, 0.05) is 5.39 Å². The molecule has 0 saturated heterocycles. The summed E-state index contributed by atoms with van der Waals surface area (Å²) in [6.07, 6.45) is -0.825. The van der Waals surface area contributed by atoms with Crippen LogP contribution in [0.4, 0.5) is 10.6 Å².